The van der Waals surface area contributed by atoms with Crippen LogP contribution in [0.25, 0.3) is 16.6 Å². The molecule has 6 heteroatoms. The number of fused-ring (bicyclic) bond motifs is 3. The summed E-state index contributed by atoms with van der Waals surface area (Å²) in [6.45, 7) is 1.80. The van der Waals surface area contributed by atoms with E-state index < -0.39 is 0 Å². The van der Waals surface area contributed by atoms with Crippen molar-refractivity contribution in [2.75, 3.05) is 0 Å². The van der Waals surface area contributed by atoms with Gasteiger partial charge in [-0.25, -0.2) is 4.98 Å². The molecule has 0 unspecified atom stereocenters. The van der Waals surface area contributed by atoms with Crippen molar-refractivity contribution in [2.45, 2.75) is 26.1 Å². The second-order valence-electron chi connectivity index (χ2n) is 4.66. The van der Waals surface area contributed by atoms with Crippen LogP contribution in [-0.4, -0.2) is 25.8 Å². The molecule has 0 bridgehead atoms. The first kappa shape index (κ1) is 11.0. The van der Waals surface area contributed by atoms with E-state index in [-0.39, 0.29) is 19.2 Å². The quantitative estimate of drug-likeness (QED) is 0.734. The van der Waals surface area contributed by atoms with Gasteiger partial charge in [0.25, 0.3) is 0 Å². The average Bonchev–Trinajstić information content (AvgIpc) is 2.97. The zero-order valence-electron chi connectivity index (χ0n) is 10.3. The second-order valence-corrected chi connectivity index (χ2v) is 4.66. The van der Waals surface area contributed by atoms with Crippen LogP contribution in [0.2, 0.25) is 0 Å². The molecule has 4 rings (SSSR count). The van der Waals surface area contributed by atoms with Crippen molar-refractivity contribution < 1.29 is 14.6 Å². The summed E-state index contributed by atoms with van der Waals surface area (Å²) < 4.78 is 12.8. The molecule has 2 N–H and O–H groups in total. The van der Waals surface area contributed by atoms with Crippen molar-refractivity contribution in [2.24, 2.45) is 0 Å². The third kappa shape index (κ3) is 1.58. The van der Waals surface area contributed by atoms with Crippen LogP contribution in [0.5, 0.6) is 0 Å². The zero-order valence-corrected chi connectivity index (χ0v) is 10.3. The van der Waals surface area contributed by atoms with Gasteiger partial charge in [-0.3, -0.25) is 0 Å². The number of H-pyrrole nitrogens is 1. The van der Waals surface area contributed by atoms with Gasteiger partial charge in [-0.1, -0.05) is 0 Å². The Morgan fingerprint density at radius 1 is 1.47 bits per heavy atom. The molecule has 3 aromatic rings. The van der Waals surface area contributed by atoms with Gasteiger partial charge in [-0.15, -0.1) is 0 Å². The number of nitrogens with zero attached hydrogens (tertiary/aromatic N) is 2. The molecule has 0 spiro atoms. The molecule has 1 aliphatic rings. The molecular formula is C13H13N3O3. The highest BCUT2D eigenvalue weighted by Gasteiger charge is 2.30. The Hall–Kier alpha value is -1.89. The summed E-state index contributed by atoms with van der Waals surface area (Å²) in [5, 5.41) is 10.1. The number of aromatic nitrogens is 3. The minimum Gasteiger partial charge on any atom is -0.390 e. The highest BCUT2D eigenvalue weighted by molar-refractivity contribution is 5.92. The molecule has 6 nitrogen and oxygen atoms in total. The third-order valence-corrected chi connectivity index (χ3v) is 3.34. The summed E-state index contributed by atoms with van der Waals surface area (Å²) in [4.78, 5) is 7.67. The maximum absolute atomic E-state index is 9.16. The van der Waals surface area contributed by atoms with E-state index in [1.54, 1.807) is 0 Å². The van der Waals surface area contributed by atoms with Gasteiger partial charge >= 0.3 is 0 Å². The standard InChI is InChI=1S/C13H13N3O3/c1-7-18-13(19-7)11-4-9-10(15-11)2-3-16-5-8(6-17)14-12(9)16/h2-5,7,13,15,17H,6H2,1H3. The summed E-state index contributed by atoms with van der Waals surface area (Å²) >= 11 is 0. The van der Waals surface area contributed by atoms with E-state index in [1.807, 2.05) is 35.9 Å². The van der Waals surface area contributed by atoms with Crippen LogP contribution in [0, 0.1) is 0 Å². The van der Waals surface area contributed by atoms with Crippen LogP contribution >= 0.6 is 0 Å². The monoisotopic (exact) mass is 259 g/mol. The van der Waals surface area contributed by atoms with Gasteiger partial charge in [0.15, 0.2) is 6.29 Å². The number of pyridine rings is 1. The fourth-order valence-electron chi connectivity index (χ4n) is 2.43. The van der Waals surface area contributed by atoms with Gasteiger partial charge in [0, 0.05) is 17.8 Å². The number of aliphatic hydroxyl groups excluding tert-OH is 1. The van der Waals surface area contributed by atoms with Gasteiger partial charge in [-0.2, -0.15) is 0 Å². The Bertz CT molecular complexity index is 755. The Balaban J connectivity index is 1.87. The van der Waals surface area contributed by atoms with Crippen molar-refractivity contribution >= 4 is 16.6 Å². The summed E-state index contributed by atoms with van der Waals surface area (Å²) in [6.07, 6.45) is 3.26. The first-order chi connectivity index (χ1) is 9.24. The Kier molecular flexibility index (Phi) is 2.20. The SMILES string of the molecule is CC1OC(c2cc3c(ccn4cc(CO)nc34)[nH]2)O1. The number of nitrogens with one attached hydrogen (secondary N) is 1. The molecule has 98 valence electrons. The Morgan fingerprint density at radius 2 is 2.32 bits per heavy atom. The number of ether oxygens (including phenoxy) is 2. The third-order valence-electron chi connectivity index (χ3n) is 3.34. The Labute approximate surface area is 108 Å². The van der Waals surface area contributed by atoms with Crippen LogP contribution in [-0.2, 0) is 16.1 Å². The number of rotatable bonds is 2. The molecule has 0 atom stereocenters. The lowest BCUT2D eigenvalue weighted by atomic mass is 10.3. The Morgan fingerprint density at radius 3 is 3.05 bits per heavy atom. The lowest BCUT2D eigenvalue weighted by molar-refractivity contribution is -0.383. The number of imidazole rings is 1. The molecule has 1 aliphatic heterocycles. The summed E-state index contributed by atoms with van der Waals surface area (Å²) in [5.74, 6) is 0. The van der Waals surface area contributed by atoms with E-state index >= 15 is 0 Å². The molecule has 0 aromatic carbocycles. The number of aliphatic hydroxyl groups is 1. The van der Waals surface area contributed by atoms with Crippen molar-refractivity contribution in [3.63, 3.8) is 0 Å². The molecule has 0 saturated carbocycles. The molecule has 1 saturated heterocycles. The molecular weight excluding hydrogens is 246 g/mol. The predicted octanol–water partition coefficient (Wildman–Crippen LogP) is 1.70. The second kappa shape index (κ2) is 3.80. The van der Waals surface area contributed by atoms with Crippen molar-refractivity contribution in [3.05, 3.63) is 35.9 Å². The zero-order chi connectivity index (χ0) is 13.0. The van der Waals surface area contributed by atoms with E-state index in [2.05, 4.69) is 9.97 Å². The van der Waals surface area contributed by atoms with Crippen molar-refractivity contribution in [1.29, 1.82) is 0 Å². The fourth-order valence-corrected chi connectivity index (χ4v) is 2.43. The van der Waals surface area contributed by atoms with E-state index in [9.17, 15) is 0 Å². The van der Waals surface area contributed by atoms with Crippen LogP contribution in [0.4, 0.5) is 0 Å². The lowest BCUT2D eigenvalue weighted by Crippen LogP contribution is -2.31. The van der Waals surface area contributed by atoms with Gasteiger partial charge in [0.2, 0.25) is 6.29 Å². The van der Waals surface area contributed by atoms with Gasteiger partial charge < -0.3 is 24.0 Å². The highest BCUT2D eigenvalue weighted by Crippen LogP contribution is 2.33. The van der Waals surface area contributed by atoms with E-state index in [4.69, 9.17) is 14.6 Å². The van der Waals surface area contributed by atoms with Crippen molar-refractivity contribution in [3.8, 4) is 0 Å². The predicted molar refractivity (Wildman–Crippen MR) is 67.3 cm³/mol. The minimum absolute atomic E-state index is 0.0627. The number of hydrogen-bond donors (Lipinski definition) is 2. The van der Waals surface area contributed by atoms with E-state index in [1.165, 1.54) is 0 Å². The normalized spacial score (nSPS) is 23.1. The van der Waals surface area contributed by atoms with Crippen LogP contribution in [0.15, 0.2) is 24.5 Å². The van der Waals surface area contributed by atoms with E-state index in [0.717, 1.165) is 22.2 Å². The fraction of sp³-hybridized carbons (Fsp3) is 0.308. The maximum Gasteiger partial charge on any atom is 0.204 e. The first-order valence-electron chi connectivity index (χ1n) is 6.15. The molecule has 0 aliphatic carbocycles. The summed E-state index contributed by atoms with van der Waals surface area (Å²) in [5.41, 5.74) is 3.33. The molecule has 19 heavy (non-hydrogen) atoms. The summed E-state index contributed by atoms with van der Waals surface area (Å²) in [6, 6.07) is 3.95. The van der Waals surface area contributed by atoms with Crippen LogP contribution in [0.3, 0.4) is 0 Å². The van der Waals surface area contributed by atoms with E-state index in [0.29, 0.717) is 5.69 Å². The topological polar surface area (TPSA) is 71.8 Å². The molecule has 1 fully saturated rings. The molecule has 0 amide bonds. The highest BCUT2D eigenvalue weighted by atomic mass is 16.9. The summed E-state index contributed by atoms with van der Waals surface area (Å²) in [7, 11) is 0. The van der Waals surface area contributed by atoms with Crippen LogP contribution < -0.4 is 0 Å². The average molecular weight is 259 g/mol. The minimum atomic E-state index is -0.324. The van der Waals surface area contributed by atoms with Gasteiger partial charge in [0.05, 0.1) is 23.5 Å². The molecule has 3 aromatic heterocycles. The number of aromatic amines is 1. The first-order valence-corrected chi connectivity index (χ1v) is 6.15. The van der Waals surface area contributed by atoms with Crippen LogP contribution in [0.1, 0.15) is 24.6 Å². The smallest absolute Gasteiger partial charge is 0.204 e. The lowest BCUT2D eigenvalue weighted by Gasteiger charge is -2.32. The maximum atomic E-state index is 9.16. The van der Waals surface area contributed by atoms with Gasteiger partial charge in [0.1, 0.15) is 5.65 Å². The molecule has 0 radical (unpaired) electrons. The molecule has 4 heterocycles. The largest absolute Gasteiger partial charge is 0.390 e. The van der Waals surface area contributed by atoms with Gasteiger partial charge in [-0.05, 0) is 19.1 Å². The van der Waals surface area contributed by atoms with Crippen molar-refractivity contribution in [1.82, 2.24) is 14.4 Å². The number of hydrogen-bond acceptors (Lipinski definition) is 4.